The van der Waals surface area contributed by atoms with Gasteiger partial charge in [-0.1, -0.05) is 13.8 Å². The van der Waals surface area contributed by atoms with E-state index in [4.69, 9.17) is 9.47 Å². The molecule has 0 atom stereocenters. The van der Waals surface area contributed by atoms with E-state index in [9.17, 15) is 0 Å². The van der Waals surface area contributed by atoms with Gasteiger partial charge in [-0.15, -0.1) is 0 Å². The Hall–Kier alpha value is -1.13. The summed E-state index contributed by atoms with van der Waals surface area (Å²) in [5.41, 5.74) is 1.03. The quantitative estimate of drug-likeness (QED) is 0.856. The summed E-state index contributed by atoms with van der Waals surface area (Å²) in [4.78, 5) is 4.34. The summed E-state index contributed by atoms with van der Waals surface area (Å²) in [6.45, 7) is 7.56. The number of pyridine rings is 1. The van der Waals surface area contributed by atoms with E-state index in [0.29, 0.717) is 12.0 Å². The summed E-state index contributed by atoms with van der Waals surface area (Å²) < 4.78 is 11.2. The molecule has 0 aromatic carbocycles. The Kier molecular flexibility index (Phi) is 5.61. The minimum absolute atomic E-state index is 0.466. The molecule has 1 aliphatic rings. The maximum Gasteiger partial charge on any atom is 0.122 e. The van der Waals surface area contributed by atoms with Gasteiger partial charge in [-0.05, 0) is 24.8 Å². The van der Waals surface area contributed by atoms with E-state index in [1.165, 1.54) is 0 Å². The topological polar surface area (TPSA) is 43.4 Å². The Bertz CT molecular complexity index is 376. The van der Waals surface area contributed by atoms with E-state index in [0.717, 1.165) is 50.7 Å². The molecule has 1 aromatic heterocycles. The second kappa shape index (κ2) is 7.46. The van der Waals surface area contributed by atoms with Crippen molar-refractivity contribution in [1.29, 1.82) is 0 Å². The lowest BCUT2D eigenvalue weighted by atomic mass is 10.0. The molecule has 1 aromatic rings. The Morgan fingerprint density at radius 2 is 2.21 bits per heavy atom. The van der Waals surface area contributed by atoms with Gasteiger partial charge < -0.3 is 14.8 Å². The SMILES string of the molecule is CC(C)NCc1cc(OCC2CCOCC2)ccn1. The summed E-state index contributed by atoms with van der Waals surface area (Å²) in [6.07, 6.45) is 4.02. The van der Waals surface area contributed by atoms with Crippen molar-refractivity contribution in [2.24, 2.45) is 5.92 Å². The van der Waals surface area contributed by atoms with Crippen molar-refractivity contribution < 1.29 is 9.47 Å². The summed E-state index contributed by atoms with van der Waals surface area (Å²) in [5, 5.41) is 3.36. The number of nitrogens with one attached hydrogen (secondary N) is 1. The van der Waals surface area contributed by atoms with E-state index in [1.54, 1.807) is 0 Å². The van der Waals surface area contributed by atoms with E-state index in [-0.39, 0.29) is 0 Å². The average molecular weight is 264 g/mol. The molecular formula is C15H24N2O2. The highest BCUT2D eigenvalue weighted by Gasteiger charge is 2.14. The molecule has 4 heteroatoms. The van der Waals surface area contributed by atoms with Crippen LogP contribution in [0.2, 0.25) is 0 Å². The monoisotopic (exact) mass is 264 g/mol. The molecule has 0 radical (unpaired) electrons. The summed E-state index contributed by atoms with van der Waals surface area (Å²) in [6, 6.07) is 4.42. The van der Waals surface area contributed by atoms with Gasteiger partial charge in [0.05, 0.1) is 12.3 Å². The molecule has 0 aliphatic carbocycles. The van der Waals surface area contributed by atoms with Crippen LogP contribution in [-0.2, 0) is 11.3 Å². The van der Waals surface area contributed by atoms with Crippen LogP contribution in [0, 0.1) is 5.92 Å². The highest BCUT2D eigenvalue weighted by atomic mass is 16.5. The molecule has 0 saturated carbocycles. The number of rotatable bonds is 6. The summed E-state index contributed by atoms with van der Waals surface area (Å²) >= 11 is 0. The third kappa shape index (κ3) is 5.17. The Morgan fingerprint density at radius 3 is 2.95 bits per heavy atom. The first-order chi connectivity index (χ1) is 9.24. The second-order valence-electron chi connectivity index (χ2n) is 5.39. The third-order valence-electron chi connectivity index (χ3n) is 3.31. The molecule has 1 N–H and O–H groups in total. The maximum atomic E-state index is 5.87. The average Bonchev–Trinajstić information content (AvgIpc) is 2.44. The Labute approximate surface area is 115 Å². The zero-order chi connectivity index (χ0) is 13.5. The molecule has 106 valence electrons. The normalized spacial score (nSPS) is 16.8. The second-order valence-corrected chi connectivity index (χ2v) is 5.39. The van der Waals surface area contributed by atoms with Crippen LogP contribution in [0.5, 0.6) is 5.75 Å². The number of ether oxygens (including phenoxy) is 2. The van der Waals surface area contributed by atoms with Crippen LogP contribution in [0.3, 0.4) is 0 Å². The highest BCUT2D eigenvalue weighted by Crippen LogP contribution is 2.18. The molecule has 0 unspecified atom stereocenters. The number of nitrogens with zero attached hydrogens (tertiary/aromatic N) is 1. The summed E-state index contributed by atoms with van der Waals surface area (Å²) in [5.74, 6) is 1.54. The van der Waals surface area contributed by atoms with Crippen LogP contribution in [0.4, 0.5) is 0 Å². The molecule has 19 heavy (non-hydrogen) atoms. The van der Waals surface area contributed by atoms with Gasteiger partial charge in [0.2, 0.25) is 0 Å². The van der Waals surface area contributed by atoms with Gasteiger partial charge in [-0.25, -0.2) is 0 Å². The van der Waals surface area contributed by atoms with E-state index in [1.807, 2.05) is 18.3 Å². The molecule has 2 rings (SSSR count). The van der Waals surface area contributed by atoms with Crippen LogP contribution in [0.1, 0.15) is 32.4 Å². The Balaban J connectivity index is 1.80. The minimum atomic E-state index is 0.466. The van der Waals surface area contributed by atoms with Gasteiger partial charge in [0.1, 0.15) is 5.75 Å². The van der Waals surface area contributed by atoms with Crippen molar-refractivity contribution >= 4 is 0 Å². The lowest BCUT2D eigenvalue weighted by Gasteiger charge is -2.22. The number of aromatic nitrogens is 1. The number of hydrogen-bond donors (Lipinski definition) is 1. The number of hydrogen-bond acceptors (Lipinski definition) is 4. The van der Waals surface area contributed by atoms with Crippen molar-refractivity contribution in [3.63, 3.8) is 0 Å². The molecule has 1 fully saturated rings. The standard InChI is InChI=1S/C15H24N2O2/c1-12(2)17-10-14-9-15(3-6-16-14)19-11-13-4-7-18-8-5-13/h3,6,9,12-13,17H,4-5,7-8,10-11H2,1-2H3. The molecule has 2 heterocycles. The molecular weight excluding hydrogens is 240 g/mol. The van der Waals surface area contributed by atoms with Crippen molar-refractivity contribution in [3.8, 4) is 5.75 Å². The zero-order valence-corrected chi connectivity index (χ0v) is 11.9. The van der Waals surface area contributed by atoms with Crippen LogP contribution in [0.25, 0.3) is 0 Å². The fourth-order valence-corrected chi connectivity index (χ4v) is 2.08. The zero-order valence-electron chi connectivity index (χ0n) is 11.9. The largest absolute Gasteiger partial charge is 0.493 e. The predicted molar refractivity (Wildman–Crippen MR) is 75.3 cm³/mol. The van der Waals surface area contributed by atoms with Crippen molar-refractivity contribution in [3.05, 3.63) is 24.0 Å². The van der Waals surface area contributed by atoms with Gasteiger partial charge in [0.25, 0.3) is 0 Å². The first-order valence-corrected chi connectivity index (χ1v) is 7.13. The van der Waals surface area contributed by atoms with Crippen molar-refractivity contribution in [2.75, 3.05) is 19.8 Å². The molecule has 1 aliphatic heterocycles. The lowest BCUT2D eigenvalue weighted by Crippen LogP contribution is -2.23. The van der Waals surface area contributed by atoms with E-state index >= 15 is 0 Å². The van der Waals surface area contributed by atoms with Gasteiger partial charge in [-0.3, -0.25) is 4.98 Å². The van der Waals surface area contributed by atoms with Gasteiger partial charge in [0.15, 0.2) is 0 Å². The van der Waals surface area contributed by atoms with Crippen molar-refractivity contribution in [1.82, 2.24) is 10.3 Å². The van der Waals surface area contributed by atoms with Crippen LogP contribution in [-0.4, -0.2) is 30.8 Å². The molecule has 0 bridgehead atoms. The molecule has 0 spiro atoms. The summed E-state index contributed by atoms with van der Waals surface area (Å²) in [7, 11) is 0. The molecule has 1 saturated heterocycles. The van der Waals surface area contributed by atoms with Crippen molar-refractivity contribution in [2.45, 2.75) is 39.3 Å². The van der Waals surface area contributed by atoms with E-state index < -0.39 is 0 Å². The first-order valence-electron chi connectivity index (χ1n) is 7.13. The van der Waals surface area contributed by atoms with Gasteiger partial charge in [-0.2, -0.15) is 0 Å². The van der Waals surface area contributed by atoms with E-state index in [2.05, 4.69) is 24.1 Å². The molecule has 0 amide bonds. The first kappa shape index (κ1) is 14.3. The fraction of sp³-hybridized carbons (Fsp3) is 0.667. The highest BCUT2D eigenvalue weighted by molar-refractivity contribution is 5.22. The maximum absolute atomic E-state index is 5.87. The predicted octanol–water partition coefficient (Wildman–Crippen LogP) is 2.39. The van der Waals surface area contributed by atoms with Crippen LogP contribution < -0.4 is 10.1 Å². The fourth-order valence-electron chi connectivity index (χ4n) is 2.08. The van der Waals surface area contributed by atoms with Gasteiger partial charge in [0, 0.05) is 38.1 Å². The van der Waals surface area contributed by atoms with Crippen LogP contribution >= 0.6 is 0 Å². The molecule has 4 nitrogen and oxygen atoms in total. The van der Waals surface area contributed by atoms with Crippen LogP contribution in [0.15, 0.2) is 18.3 Å². The smallest absolute Gasteiger partial charge is 0.122 e. The third-order valence-corrected chi connectivity index (χ3v) is 3.31. The Morgan fingerprint density at radius 1 is 1.42 bits per heavy atom. The lowest BCUT2D eigenvalue weighted by molar-refractivity contribution is 0.0497. The minimum Gasteiger partial charge on any atom is -0.493 e. The van der Waals surface area contributed by atoms with Gasteiger partial charge >= 0.3 is 0 Å².